The molecule has 4 heterocycles. The molecule has 9 heteroatoms. The van der Waals surface area contributed by atoms with Gasteiger partial charge in [-0.05, 0) is 25.9 Å². The van der Waals surface area contributed by atoms with Crippen LogP contribution in [-0.4, -0.2) is 37.8 Å². The number of aromatic amines is 1. The first-order valence-corrected chi connectivity index (χ1v) is 9.01. The molecule has 1 aliphatic rings. The van der Waals surface area contributed by atoms with Crippen LogP contribution in [0, 0.1) is 0 Å². The van der Waals surface area contributed by atoms with Crippen molar-refractivity contribution in [2.24, 2.45) is 0 Å². The van der Waals surface area contributed by atoms with Crippen molar-refractivity contribution in [2.45, 2.75) is 18.8 Å². The summed E-state index contributed by atoms with van der Waals surface area (Å²) in [4.78, 5) is 19.6. The highest BCUT2D eigenvalue weighted by Crippen LogP contribution is 2.28. The first kappa shape index (κ1) is 18.4. The summed E-state index contributed by atoms with van der Waals surface area (Å²) in [7, 11) is 0. The molecule has 0 atom stereocenters. The van der Waals surface area contributed by atoms with E-state index in [1.54, 1.807) is 16.8 Å². The summed E-state index contributed by atoms with van der Waals surface area (Å²) in [6.07, 6.45) is 3.62. The molecule has 0 aliphatic carbocycles. The Labute approximate surface area is 166 Å². The maximum absolute atomic E-state index is 12.3. The minimum absolute atomic E-state index is 0. The van der Waals surface area contributed by atoms with Gasteiger partial charge in [0, 0.05) is 17.5 Å². The number of piperidine rings is 1. The maximum atomic E-state index is 12.3. The zero-order valence-electron chi connectivity index (χ0n) is 15.0. The fourth-order valence-electron chi connectivity index (χ4n) is 3.62. The number of halogens is 1. The molecule has 5 rings (SSSR count). The number of nitrogens with one attached hydrogen (secondary N) is 2. The molecule has 1 fully saturated rings. The highest BCUT2D eigenvalue weighted by Gasteiger charge is 2.22. The molecule has 1 aromatic carbocycles. The molecule has 2 N–H and O–H groups in total. The maximum Gasteiger partial charge on any atom is 0.263 e. The van der Waals surface area contributed by atoms with Crippen LogP contribution in [0.1, 0.15) is 24.5 Å². The topological polar surface area (TPSA) is 101 Å². The van der Waals surface area contributed by atoms with Crippen LogP contribution in [-0.2, 0) is 0 Å². The molecule has 0 spiro atoms. The van der Waals surface area contributed by atoms with Crippen LogP contribution >= 0.6 is 12.4 Å². The van der Waals surface area contributed by atoms with Crippen LogP contribution in [0.15, 0.2) is 51.9 Å². The average Bonchev–Trinajstić information content (AvgIpc) is 3.35. The van der Waals surface area contributed by atoms with Crippen LogP contribution in [0.2, 0.25) is 0 Å². The SMILES string of the molecule is Cl.O=c1cc(C2CCNCC2)n2ncc(-c3nc(-c4ccccc4)no3)c2[nH]1. The summed E-state index contributed by atoms with van der Waals surface area (Å²) in [5, 5.41) is 11.9. The Balaban J connectivity index is 0.00000192. The lowest BCUT2D eigenvalue weighted by molar-refractivity contribution is 0.432. The fourth-order valence-corrected chi connectivity index (χ4v) is 3.62. The molecule has 0 bridgehead atoms. The zero-order chi connectivity index (χ0) is 18.2. The van der Waals surface area contributed by atoms with E-state index in [-0.39, 0.29) is 18.0 Å². The van der Waals surface area contributed by atoms with Crippen LogP contribution in [0.25, 0.3) is 28.5 Å². The number of H-pyrrole nitrogens is 1. The van der Waals surface area contributed by atoms with Gasteiger partial charge >= 0.3 is 0 Å². The summed E-state index contributed by atoms with van der Waals surface area (Å²) in [6.45, 7) is 1.88. The molecule has 1 aliphatic heterocycles. The quantitative estimate of drug-likeness (QED) is 0.550. The van der Waals surface area contributed by atoms with Crippen LogP contribution in [0.3, 0.4) is 0 Å². The number of rotatable bonds is 3. The number of benzene rings is 1. The van der Waals surface area contributed by atoms with Gasteiger partial charge in [-0.1, -0.05) is 35.5 Å². The van der Waals surface area contributed by atoms with E-state index in [9.17, 15) is 4.79 Å². The van der Waals surface area contributed by atoms with Crippen molar-refractivity contribution in [3.63, 3.8) is 0 Å². The van der Waals surface area contributed by atoms with Gasteiger partial charge in [0.1, 0.15) is 11.2 Å². The van der Waals surface area contributed by atoms with Crippen LogP contribution < -0.4 is 10.9 Å². The van der Waals surface area contributed by atoms with Crippen molar-refractivity contribution in [1.29, 1.82) is 0 Å². The average molecular weight is 399 g/mol. The second-order valence-electron chi connectivity index (χ2n) is 6.69. The summed E-state index contributed by atoms with van der Waals surface area (Å²) >= 11 is 0. The van der Waals surface area contributed by atoms with Gasteiger partial charge in [-0.25, -0.2) is 4.52 Å². The smallest absolute Gasteiger partial charge is 0.263 e. The van der Waals surface area contributed by atoms with Gasteiger partial charge in [0.05, 0.1) is 11.9 Å². The van der Waals surface area contributed by atoms with Gasteiger partial charge in [0.2, 0.25) is 5.82 Å². The fraction of sp³-hybridized carbons (Fsp3) is 0.263. The van der Waals surface area contributed by atoms with E-state index in [0.29, 0.717) is 28.8 Å². The molecular formula is C19H19ClN6O2. The Kier molecular flexibility index (Phi) is 4.97. The Bertz CT molecular complexity index is 1140. The van der Waals surface area contributed by atoms with Crippen molar-refractivity contribution < 1.29 is 4.52 Å². The summed E-state index contributed by atoms with van der Waals surface area (Å²) in [6, 6.07) is 11.3. The molecule has 8 nitrogen and oxygen atoms in total. The standard InChI is InChI=1S/C19H18N6O2.ClH/c26-16-10-15(12-6-8-20-9-7-12)25-18(22-16)14(11-21-25)19-23-17(24-27-19)13-4-2-1-3-5-13;/h1-5,10-12,20H,6-9H2,(H,22,26);1H. The molecule has 0 radical (unpaired) electrons. The third-order valence-electron chi connectivity index (χ3n) is 4.98. The molecule has 0 saturated carbocycles. The van der Waals surface area contributed by atoms with Gasteiger partial charge in [-0.15, -0.1) is 12.4 Å². The van der Waals surface area contributed by atoms with Gasteiger partial charge < -0.3 is 14.8 Å². The van der Waals surface area contributed by atoms with Crippen molar-refractivity contribution in [3.8, 4) is 22.8 Å². The third kappa shape index (κ3) is 3.21. The van der Waals surface area contributed by atoms with E-state index in [4.69, 9.17) is 4.52 Å². The number of aromatic nitrogens is 5. The minimum Gasteiger partial charge on any atom is -0.333 e. The lowest BCUT2D eigenvalue weighted by atomic mass is 9.94. The molecule has 4 aromatic rings. The van der Waals surface area contributed by atoms with Crippen LogP contribution in [0.5, 0.6) is 0 Å². The first-order valence-electron chi connectivity index (χ1n) is 9.01. The lowest BCUT2D eigenvalue weighted by Crippen LogP contribution is -2.28. The Morgan fingerprint density at radius 3 is 2.71 bits per heavy atom. The Morgan fingerprint density at radius 2 is 1.93 bits per heavy atom. The molecule has 3 aromatic heterocycles. The molecule has 0 amide bonds. The van der Waals surface area contributed by atoms with Crippen molar-refractivity contribution in [1.82, 2.24) is 30.1 Å². The molecule has 144 valence electrons. The Morgan fingerprint density at radius 1 is 1.14 bits per heavy atom. The van der Waals surface area contributed by atoms with E-state index in [1.165, 1.54) is 0 Å². The number of hydrogen-bond acceptors (Lipinski definition) is 6. The van der Waals surface area contributed by atoms with E-state index in [2.05, 4.69) is 25.5 Å². The van der Waals surface area contributed by atoms with Gasteiger partial charge in [-0.2, -0.15) is 10.1 Å². The predicted molar refractivity (Wildman–Crippen MR) is 107 cm³/mol. The predicted octanol–water partition coefficient (Wildman–Crippen LogP) is 2.63. The number of fused-ring (bicyclic) bond motifs is 1. The van der Waals surface area contributed by atoms with Crippen molar-refractivity contribution >= 4 is 18.1 Å². The van der Waals surface area contributed by atoms with E-state index >= 15 is 0 Å². The second kappa shape index (κ2) is 7.57. The van der Waals surface area contributed by atoms with Gasteiger partial charge in [0.15, 0.2) is 0 Å². The van der Waals surface area contributed by atoms with Crippen LogP contribution in [0.4, 0.5) is 0 Å². The van der Waals surface area contributed by atoms with E-state index in [0.717, 1.165) is 37.2 Å². The molecule has 28 heavy (non-hydrogen) atoms. The Hall–Kier alpha value is -2.97. The normalized spacial score (nSPS) is 14.9. The molecular weight excluding hydrogens is 380 g/mol. The summed E-state index contributed by atoms with van der Waals surface area (Å²) in [5.41, 5.74) is 2.84. The van der Waals surface area contributed by atoms with E-state index in [1.807, 2.05) is 30.3 Å². The lowest BCUT2D eigenvalue weighted by Gasteiger charge is -2.23. The largest absolute Gasteiger partial charge is 0.333 e. The van der Waals surface area contributed by atoms with Gasteiger partial charge in [0.25, 0.3) is 11.4 Å². The number of hydrogen-bond donors (Lipinski definition) is 2. The summed E-state index contributed by atoms with van der Waals surface area (Å²) < 4.78 is 7.24. The third-order valence-corrected chi connectivity index (χ3v) is 4.98. The second-order valence-corrected chi connectivity index (χ2v) is 6.69. The minimum atomic E-state index is -0.152. The van der Waals surface area contributed by atoms with Crippen molar-refractivity contribution in [3.05, 3.63) is 58.6 Å². The highest BCUT2D eigenvalue weighted by molar-refractivity contribution is 5.85. The first-order chi connectivity index (χ1) is 13.3. The van der Waals surface area contributed by atoms with E-state index < -0.39 is 0 Å². The van der Waals surface area contributed by atoms with Crippen molar-refractivity contribution in [2.75, 3.05) is 13.1 Å². The molecule has 0 unspecified atom stereocenters. The highest BCUT2D eigenvalue weighted by atomic mass is 35.5. The molecule has 1 saturated heterocycles. The zero-order valence-corrected chi connectivity index (χ0v) is 15.8. The van der Waals surface area contributed by atoms with Gasteiger partial charge in [-0.3, -0.25) is 4.79 Å². The number of nitrogens with zero attached hydrogens (tertiary/aromatic N) is 4. The monoisotopic (exact) mass is 398 g/mol. The summed E-state index contributed by atoms with van der Waals surface area (Å²) in [5.74, 6) is 1.13.